The van der Waals surface area contributed by atoms with Crippen molar-refractivity contribution in [3.8, 4) is 0 Å². The zero-order chi connectivity index (χ0) is 6.81. The van der Waals surface area contributed by atoms with Crippen molar-refractivity contribution >= 4 is 11.0 Å². The highest BCUT2D eigenvalue weighted by Crippen LogP contribution is 2.00. The number of nitrogens with zero attached hydrogens (tertiary/aromatic N) is 4. The molecule has 0 unspecified atom stereocenters. The Hall–Kier alpha value is -1.58. The Morgan fingerprint density at radius 2 is 1.30 bits per heavy atom. The molecule has 4 nitrogen and oxygen atoms in total. The maximum Gasteiger partial charge on any atom is 0.110 e. The SMILES string of the molecule is c1cnc2cnncc2n1. The molecule has 0 aliphatic heterocycles. The van der Waals surface area contributed by atoms with E-state index >= 15 is 0 Å². The molecule has 2 aromatic rings. The van der Waals surface area contributed by atoms with Crippen LogP contribution in [0.2, 0.25) is 0 Å². The summed E-state index contributed by atoms with van der Waals surface area (Å²) in [5, 5.41) is 7.32. The Morgan fingerprint density at radius 3 is 1.80 bits per heavy atom. The third-order valence-electron chi connectivity index (χ3n) is 1.18. The summed E-state index contributed by atoms with van der Waals surface area (Å²) < 4.78 is 0. The van der Waals surface area contributed by atoms with Crippen LogP contribution in [0, 0.1) is 0 Å². The van der Waals surface area contributed by atoms with Crippen LogP contribution in [0.3, 0.4) is 0 Å². The molecule has 2 rings (SSSR count). The van der Waals surface area contributed by atoms with Crippen molar-refractivity contribution in [1.82, 2.24) is 20.2 Å². The van der Waals surface area contributed by atoms with Gasteiger partial charge in [-0.2, -0.15) is 10.2 Å². The second kappa shape index (κ2) is 1.98. The molecule has 0 amide bonds. The Kier molecular flexibility index (Phi) is 1.04. The van der Waals surface area contributed by atoms with Gasteiger partial charge in [-0.15, -0.1) is 0 Å². The van der Waals surface area contributed by atoms with Crippen molar-refractivity contribution < 1.29 is 0 Å². The fourth-order valence-corrected chi connectivity index (χ4v) is 0.735. The minimum absolute atomic E-state index is 0.775. The van der Waals surface area contributed by atoms with E-state index in [4.69, 9.17) is 0 Å². The van der Waals surface area contributed by atoms with E-state index in [0.717, 1.165) is 11.0 Å². The van der Waals surface area contributed by atoms with E-state index in [1.807, 2.05) is 0 Å². The first-order chi connectivity index (χ1) is 4.97. The molecular weight excluding hydrogens is 128 g/mol. The van der Waals surface area contributed by atoms with E-state index in [2.05, 4.69) is 20.2 Å². The quantitative estimate of drug-likeness (QED) is 0.521. The van der Waals surface area contributed by atoms with Crippen molar-refractivity contribution in [3.05, 3.63) is 24.8 Å². The fraction of sp³-hybridized carbons (Fsp3) is 0. The molecule has 0 aliphatic rings. The Labute approximate surface area is 57.0 Å². The lowest BCUT2D eigenvalue weighted by Gasteiger charge is -1.89. The van der Waals surface area contributed by atoms with Crippen LogP contribution in [-0.2, 0) is 0 Å². The normalized spacial score (nSPS) is 10.0. The van der Waals surface area contributed by atoms with Crippen LogP contribution in [0.25, 0.3) is 11.0 Å². The number of rotatable bonds is 0. The van der Waals surface area contributed by atoms with Gasteiger partial charge in [0.25, 0.3) is 0 Å². The predicted molar refractivity (Wildman–Crippen MR) is 35.1 cm³/mol. The number of fused-ring (bicyclic) bond motifs is 1. The van der Waals surface area contributed by atoms with Crippen LogP contribution in [0.15, 0.2) is 24.8 Å². The van der Waals surface area contributed by atoms with Gasteiger partial charge in [-0.1, -0.05) is 0 Å². The smallest absolute Gasteiger partial charge is 0.110 e. The van der Waals surface area contributed by atoms with Gasteiger partial charge in [0, 0.05) is 12.4 Å². The third kappa shape index (κ3) is 0.699. The minimum atomic E-state index is 0.775. The van der Waals surface area contributed by atoms with Gasteiger partial charge in [-0.05, 0) is 0 Å². The van der Waals surface area contributed by atoms with E-state index < -0.39 is 0 Å². The fourth-order valence-electron chi connectivity index (χ4n) is 0.735. The first-order valence-electron chi connectivity index (χ1n) is 2.84. The molecule has 2 heterocycles. The molecule has 0 bridgehead atoms. The summed E-state index contributed by atoms with van der Waals surface area (Å²) in [6.45, 7) is 0. The maximum atomic E-state index is 4.02. The summed E-state index contributed by atoms with van der Waals surface area (Å²) in [6, 6.07) is 0. The molecular formula is C6H4N4. The van der Waals surface area contributed by atoms with Gasteiger partial charge in [0.05, 0.1) is 12.4 Å². The summed E-state index contributed by atoms with van der Waals surface area (Å²) in [5.74, 6) is 0. The van der Waals surface area contributed by atoms with Gasteiger partial charge in [-0.3, -0.25) is 9.97 Å². The Bertz CT molecular complexity index is 281. The minimum Gasteiger partial charge on any atom is -0.251 e. The first-order valence-corrected chi connectivity index (χ1v) is 2.84. The summed E-state index contributed by atoms with van der Waals surface area (Å²) in [5.41, 5.74) is 1.55. The van der Waals surface area contributed by atoms with Crippen LogP contribution in [0.1, 0.15) is 0 Å². The molecule has 0 N–H and O–H groups in total. The van der Waals surface area contributed by atoms with Gasteiger partial charge in [-0.25, -0.2) is 0 Å². The van der Waals surface area contributed by atoms with Crippen LogP contribution in [0.5, 0.6) is 0 Å². The molecule has 0 aliphatic carbocycles. The summed E-state index contributed by atoms with van der Waals surface area (Å²) in [6.07, 6.45) is 6.43. The molecule has 4 heteroatoms. The van der Waals surface area contributed by atoms with Crippen LogP contribution < -0.4 is 0 Å². The standard InChI is InChI=1S/C6H4N4/c1-2-8-6-4-10-9-3-5(6)7-1/h1-4H. The Morgan fingerprint density at radius 1 is 0.800 bits per heavy atom. The predicted octanol–water partition coefficient (Wildman–Crippen LogP) is 0.420. The summed E-state index contributed by atoms with van der Waals surface area (Å²) >= 11 is 0. The molecule has 0 radical (unpaired) electrons. The molecule has 0 aromatic carbocycles. The molecule has 0 saturated carbocycles. The number of hydrogen-bond donors (Lipinski definition) is 0. The van der Waals surface area contributed by atoms with Crippen molar-refractivity contribution in [1.29, 1.82) is 0 Å². The van der Waals surface area contributed by atoms with E-state index in [0.29, 0.717) is 0 Å². The van der Waals surface area contributed by atoms with Crippen LogP contribution in [-0.4, -0.2) is 20.2 Å². The second-order valence-electron chi connectivity index (χ2n) is 1.82. The zero-order valence-electron chi connectivity index (χ0n) is 5.10. The molecule has 48 valence electrons. The first kappa shape index (κ1) is 5.22. The van der Waals surface area contributed by atoms with E-state index in [9.17, 15) is 0 Å². The summed E-state index contributed by atoms with van der Waals surface area (Å²) in [7, 11) is 0. The lowest BCUT2D eigenvalue weighted by atomic mass is 10.4. The molecule has 0 saturated heterocycles. The van der Waals surface area contributed by atoms with Gasteiger partial charge < -0.3 is 0 Å². The topological polar surface area (TPSA) is 51.6 Å². The van der Waals surface area contributed by atoms with E-state index in [-0.39, 0.29) is 0 Å². The highest BCUT2D eigenvalue weighted by molar-refractivity contribution is 5.70. The van der Waals surface area contributed by atoms with Crippen molar-refractivity contribution in [3.63, 3.8) is 0 Å². The van der Waals surface area contributed by atoms with E-state index in [1.54, 1.807) is 24.8 Å². The maximum absolute atomic E-state index is 4.02. The van der Waals surface area contributed by atoms with Crippen molar-refractivity contribution in [2.75, 3.05) is 0 Å². The van der Waals surface area contributed by atoms with Crippen LogP contribution in [0.4, 0.5) is 0 Å². The third-order valence-corrected chi connectivity index (χ3v) is 1.18. The van der Waals surface area contributed by atoms with Crippen molar-refractivity contribution in [2.45, 2.75) is 0 Å². The van der Waals surface area contributed by atoms with Crippen molar-refractivity contribution in [2.24, 2.45) is 0 Å². The zero-order valence-corrected chi connectivity index (χ0v) is 5.10. The number of aromatic nitrogens is 4. The number of hydrogen-bond acceptors (Lipinski definition) is 4. The van der Waals surface area contributed by atoms with Crippen LogP contribution >= 0.6 is 0 Å². The molecule has 2 aromatic heterocycles. The Balaban J connectivity index is 2.89. The van der Waals surface area contributed by atoms with Gasteiger partial charge >= 0.3 is 0 Å². The van der Waals surface area contributed by atoms with Gasteiger partial charge in [0.1, 0.15) is 11.0 Å². The highest BCUT2D eigenvalue weighted by Gasteiger charge is 1.90. The summed E-state index contributed by atoms with van der Waals surface area (Å²) in [4.78, 5) is 8.03. The average molecular weight is 132 g/mol. The largest absolute Gasteiger partial charge is 0.251 e. The van der Waals surface area contributed by atoms with E-state index in [1.165, 1.54) is 0 Å². The lowest BCUT2D eigenvalue weighted by Crippen LogP contribution is -1.84. The lowest BCUT2D eigenvalue weighted by molar-refractivity contribution is 1.03. The second-order valence-corrected chi connectivity index (χ2v) is 1.82. The average Bonchev–Trinajstić information content (AvgIpc) is 2.05. The monoisotopic (exact) mass is 132 g/mol. The molecule has 0 spiro atoms. The molecule has 0 atom stereocenters. The molecule has 0 fully saturated rings. The van der Waals surface area contributed by atoms with Gasteiger partial charge in [0.15, 0.2) is 0 Å². The van der Waals surface area contributed by atoms with Gasteiger partial charge in [0.2, 0.25) is 0 Å². The molecule has 10 heavy (non-hydrogen) atoms. The highest BCUT2D eigenvalue weighted by atomic mass is 15.1.